The number of hydrogen-bond donors (Lipinski definition) is 0. The standard InChI is InChI=1S/C30H32N4O2/c1-3-4-10-22-15-17-25(18-16-22)33-20-23(19-28(33)35)30-31-26-13-8-9-14-27(26)34(30)21-29(36)32(2)24-11-6-5-7-12-24/h5-9,11-18,23H,3-4,10,19-21H2,1-2H3/t23-/m0/s1. The molecule has 0 aliphatic carbocycles. The van der Waals surface area contributed by atoms with Gasteiger partial charge in [-0.1, -0.05) is 55.8 Å². The predicted octanol–water partition coefficient (Wildman–Crippen LogP) is 5.56. The molecule has 1 saturated heterocycles. The second-order valence-electron chi connectivity index (χ2n) is 9.51. The number of rotatable bonds is 8. The van der Waals surface area contributed by atoms with Crippen LogP contribution in [0.5, 0.6) is 0 Å². The summed E-state index contributed by atoms with van der Waals surface area (Å²) in [5, 5.41) is 0. The largest absolute Gasteiger partial charge is 0.318 e. The maximum atomic E-state index is 13.3. The van der Waals surface area contributed by atoms with Crippen LogP contribution in [0.1, 0.15) is 43.5 Å². The molecule has 5 rings (SSSR count). The lowest BCUT2D eigenvalue weighted by Crippen LogP contribution is -2.31. The summed E-state index contributed by atoms with van der Waals surface area (Å²) in [4.78, 5) is 34.8. The zero-order valence-electron chi connectivity index (χ0n) is 20.9. The van der Waals surface area contributed by atoms with E-state index in [9.17, 15) is 9.59 Å². The Morgan fingerprint density at radius 3 is 2.47 bits per heavy atom. The monoisotopic (exact) mass is 480 g/mol. The zero-order chi connectivity index (χ0) is 25.1. The van der Waals surface area contributed by atoms with Crippen LogP contribution in [-0.2, 0) is 22.6 Å². The van der Waals surface area contributed by atoms with Crippen molar-refractivity contribution < 1.29 is 9.59 Å². The lowest BCUT2D eigenvalue weighted by Gasteiger charge is -2.20. The van der Waals surface area contributed by atoms with Gasteiger partial charge in [-0.3, -0.25) is 9.59 Å². The van der Waals surface area contributed by atoms with Crippen molar-refractivity contribution in [1.82, 2.24) is 9.55 Å². The van der Waals surface area contributed by atoms with Crippen molar-refractivity contribution in [2.24, 2.45) is 0 Å². The van der Waals surface area contributed by atoms with E-state index in [-0.39, 0.29) is 24.3 Å². The Morgan fingerprint density at radius 1 is 1.00 bits per heavy atom. The number of nitrogens with zero attached hydrogens (tertiary/aromatic N) is 4. The van der Waals surface area contributed by atoms with Crippen molar-refractivity contribution in [3.63, 3.8) is 0 Å². The number of benzene rings is 3. The molecule has 0 radical (unpaired) electrons. The summed E-state index contributed by atoms with van der Waals surface area (Å²) < 4.78 is 1.99. The number of para-hydroxylation sites is 3. The van der Waals surface area contributed by atoms with Crippen molar-refractivity contribution in [3.05, 3.63) is 90.3 Å². The van der Waals surface area contributed by atoms with Gasteiger partial charge in [0.25, 0.3) is 0 Å². The van der Waals surface area contributed by atoms with Gasteiger partial charge in [-0.2, -0.15) is 0 Å². The Hall–Kier alpha value is -3.93. The first kappa shape index (κ1) is 23.8. The quantitative estimate of drug-likeness (QED) is 0.332. The molecule has 0 spiro atoms. The van der Waals surface area contributed by atoms with E-state index in [4.69, 9.17) is 4.98 Å². The number of anilines is 2. The van der Waals surface area contributed by atoms with Crippen LogP contribution >= 0.6 is 0 Å². The molecule has 1 atom stereocenters. The van der Waals surface area contributed by atoms with E-state index in [2.05, 4.69) is 19.1 Å². The third-order valence-corrected chi connectivity index (χ3v) is 7.05. The van der Waals surface area contributed by atoms with Gasteiger partial charge in [0.1, 0.15) is 12.4 Å². The summed E-state index contributed by atoms with van der Waals surface area (Å²) in [6.45, 7) is 2.91. The maximum Gasteiger partial charge on any atom is 0.246 e. The number of hydrogen-bond acceptors (Lipinski definition) is 3. The second-order valence-corrected chi connectivity index (χ2v) is 9.51. The van der Waals surface area contributed by atoms with Crippen molar-refractivity contribution in [1.29, 1.82) is 0 Å². The normalized spacial score (nSPS) is 15.6. The summed E-state index contributed by atoms with van der Waals surface area (Å²) in [5.74, 6) is 0.767. The fraction of sp³-hybridized carbons (Fsp3) is 0.300. The molecule has 6 nitrogen and oxygen atoms in total. The van der Waals surface area contributed by atoms with E-state index in [1.807, 2.05) is 76.2 Å². The first-order valence-corrected chi connectivity index (χ1v) is 12.7. The van der Waals surface area contributed by atoms with Crippen LogP contribution < -0.4 is 9.80 Å². The number of carbonyl (C=O) groups is 2. The molecular formula is C30H32N4O2. The van der Waals surface area contributed by atoms with E-state index in [0.717, 1.165) is 34.7 Å². The minimum Gasteiger partial charge on any atom is -0.318 e. The van der Waals surface area contributed by atoms with Gasteiger partial charge in [0.15, 0.2) is 0 Å². The molecule has 1 aliphatic rings. The average Bonchev–Trinajstić information content (AvgIpc) is 3.48. The van der Waals surface area contributed by atoms with Crippen LogP contribution in [0.15, 0.2) is 78.9 Å². The van der Waals surface area contributed by atoms with E-state index in [1.54, 1.807) is 11.9 Å². The number of carbonyl (C=O) groups excluding carboxylic acids is 2. The van der Waals surface area contributed by atoms with Crippen LogP contribution in [0.2, 0.25) is 0 Å². The average molecular weight is 481 g/mol. The van der Waals surface area contributed by atoms with Gasteiger partial charge in [0.2, 0.25) is 11.8 Å². The molecule has 36 heavy (non-hydrogen) atoms. The third kappa shape index (κ3) is 4.76. The highest BCUT2D eigenvalue weighted by Crippen LogP contribution is 2.33. The molecule has 1 fully saturated rings. The van der Waals surface area contributed by atoms with Crippen molar-refractivity contribution in [3.8, 4) is 0 Å². The van der Waals surface area contributed by atoms with Gasteiger partial charge in [0.05, 0.1) is 11.0 Å². The Kier molecular flexibility index (Phi) is 6.85. The summed E-state index contributed by atoms with van der Waals surface area (Å²) in [6, 6.07) is 25.8. The molecule has 6 heteroatoms. The summed E-state index contributed by atoms with van der Waals surface area (Å²) in [7, 11) is 1.79. The van der Waals surface area contributed by atoms with E-state index in [0.29, 0.717) is 13.0 Å². The van der Waals surface area contributed by atoms with E-state index in [1.165, 1.54) is 18.4 Å². The van der Waals surface area contributed by atoms with Gasteiger partial charge >= 0.3 is 0 Å². The van der Waals surface area contributed by atoms with E-state index < -0.39 is 0 Å². The maximum absolute atomic E-state index is 13.3. The van der Waals surface area contributed by atoms with Crippen LogP contribution in [0, 0.1) is 0 Å². The Morgan fingerprint density at radius 2 is 1.72 bits per heavy atom. The van der Waals surface area contributed by atoms with Gasteiger partial charge in [-0.15, -0.1) is 0 Å². The van der Waals surface area contributed by atoms with Crippen LogP contribution in [-0.4, -0.2) is 35.0 Å². The van der Waals surface area contributed by atoms with Crippen LogP contribution in [0.25, 0.3) is 11.0 Å². The molecular weight excluding hydrogens is 448 g/mol. The predicted molar refractivity (Wildman–Crippen MR) is 144 cm³/mol. The molecule has 2 heterocycles. The fourth-order valence-electron chi connectivity index (χ4n) is 4.96. The number of aromatic nitrogens is 2. The summed E-state index contributed by atoms with van der Waals surface area (Å²) in [5.41, 5.74) is 4.82. The first-order chi connectivity index (χ1) is 17.5. The SMILES string of the molecule is CCCCc1ccc(N2C[C@@H](c3nc4ccccc4n3CC(=O)N(C)c3ccccc3)CC2=O)cc1. The molecule has 4 aromatic rings. The first-order valence-electron chi connectivity index (χ1n) is 12.7. The molecule has 3 aromatic carbocycles. The minimum absolute atomic E-state index is 0.0329. The highest BCUT2D eigenvalue weighted by atomic mass is 16.2. The Bertz CT molecular complexity index is 1360. The molecule has 184 valence electrons. The second kappa shape index (κ2) is 10.4. The fourth-order valence-corrected chi connectivity index (χ4v) is 4.96. The highest BCUT2D eigenvalue weighted by Gasteiger charge is 2.35. The minimum atomic E-state index is -0.0838. The number of imidazole rings is 1. The number of aryl methyl sites for hydroxylation is 1. The number of fused-ring (bicyclic) bond motifs is 1. The number of likely N-dealkylation sites (N-methyl/N-ethyl adjacent to an activating group) is 1. The molecule has 1 aromatic heterocycles. The van der Waals surface area contributed by atoms with E-state index >= 15 is 0 Å². The van der Waals surface area contributed by atoms with Gasteiger partial charge < -0.3 is 14.4 Å². The molecule has 0 N–H and O–H groups in total. The Balaban J connectivity index is 1.40. The van der Waals surface area contributed by atoms with Crippen LogP contribution in [0.4, 0.5) is 11.4 Å². The smallest absolute Gasteiger partial charge is 0.246 e. The number of unbranched alkanes of at least 4 members (excludes halogenated alkanes) is 1. The molecule has 0 saturated carbocycles. The highest BCUT2D eigenvalue weighted by molar-refractivity contribution is 5.97. The molecule has 1 aliphatic heterocycles. The summed E-state index contributed by atoms with van der Waals surface area (Å²) in [6.07, 6.45) is 3.77. The zero-order valence-corrected chi connectivity index (χ0v) is 20.9. The summed E-state index contributed by atoms with van der Waals surface area (Å²) >= 11 is 0. The molecule has 0 unspecified atom stereocenters. The van der Waals surface area contributed by atoms with Gasteiger partial charge in [0, 0.05) is 37.3 Å². The lowest BCUT2D eigenvalue weighted by atomic mass is 10.1. The van der Waals surface area contributed by atoms with Gasteiger partial charge in [-0.05, 0) is 54.8 Å². The van der Waals surface area contributed by atoms with Crippen LogP contribution in [0.3, 0.4) is 0 Å². The molecule has 0 bridgehead atoms. The third-order valence-electron chi connectivity index (χ3n) is 7.05. The number of amides is 2. The van der Waals surface area contributed by atoms with Crippen molar-refractivity contribution in [2.75, 3.05) is 23.4 Å². The van der Waals surface area contributed by atoms with Gasteiger partial charge in [-0.25, -0.2) is 4.98 Å². The Labute approximate surface area is 212 Å². The topological polar surface area (TPSA) is 58.4 Å². The molecule has 2 amide bonds. The van der Waals surface area contributed by atoms with Crippen molar-refractivity contribution in [2.45, 2.75) is 45.1 Å². The lowest BCUT2D eigenvalue weighted by molar-refractivity contribution is -0.119. The van der Waals surface area contributed by atoms with Crippen molar-refractivity contribution >= 4 is 34.2 Å².